The van der Waals surface area contributed by atoms with E-state index in [0.29, 0.717) is 10.7 Å². The minimum Gasteiger partial charge on any atom is -0.298 e. The molecular formula is C20H16N2OS3. The van der Waals surface area contributed by atoms with Gasteiger partial charge in [-0.25, -0.2) is 4.98 Å². The molecule has 2 aromatic carbocycles. The maximum atomic E-state index is 12.8. The van der Waals surface area contributed by atoms with Gasteiger partial charge >= 0.3 is 0 Å². The summed E-state index contributed by atoms with van der Waals surface area (Å²) in [5.74, 6) is 0.748. The van der Waals surface area contributed by atoms with E-state index in [9.17, 15) is 4.79 Å². The molecule has 4 aromatic rings. The monoisotopic (exact) mass is 396 g/mol. The van der Waals surface area contributed by atoms with Gasteiger partial charge in [0, 0.05) is 15.5 Å². The molecule has 0 aliphatic rings. The number of fused-ring (bicyclic) bond motifs is 1. The molecule has 1 N–H and O–H groups in total. The first-order chi connectivity index (χ1) is 12.7. The van der Waals surface area contributed by atoms with E-state index in [1.807, 2.05) is 42.5 Å². The number of thiophene rings is 1. The molecule has 3 nitrogen and oxygen atoms in total. The van der Waals surface area contributed by atoms with Gasteiger partial charge in [-0.1, -0.05) is 35.6 Å². The van der Waals surface area contributed by atoms with Crippen LogP contribution in [0.15, 0.2) is 64.9 Å². The number of aryl methyl sites for hydroxylation is 1. The number of thioether (sulfide) groups is 1. The summed E-state index contributed by atoms with van der Waals surface area (Å²) in [5.41, 5.74) is 2.79. The summed E-state index contributed by atoms with van der Waals surface area (Å²) in [6, 6.07) is 18.0. The number of carbonyl (C=O) groups excluding carboxylic acids is 1. The predicted octanol–water partition coefficient (Wildman–Crippen LogP) is 6.21. The van der Waals surface area contributed by atoms with E-state index in [4.69, 9.17) is 0 Å². The lowest BCUT2D eigenvalue weighted by molar-refractivity contribution is 0.102. The minimum absolute atomic E-state index is 0.116. The average Bonchev–Trinajstić information content (AvgIpc) is 3.29. The van der Waals surface area contributed by atoms with Gasteiger partial charge in [0.1, 0.15) is 0 Å². The molecule has 2 heterocycles. The summed E-state index contributed by atoms with van der Waals surface area (Å²) >= 11 is 4.92. The number of rotatable bonds is 5. The van der Waals surface area contributed by atoms with Crippen molar-refractivity contribution in [2.24, 2.45) is 0 Å². The molecule has 0 saturated heterocycles. The average molecular weight is 397 g/mol. The van der Waals surface area contributed by atoms with Gasteiger partial charge in [0.15, 0.2) is 5.13 Å². The SMILES string of the molecule is Cc1ccc2nc(NC(=O)c3ccccc3SCc3cccs3)sc2c1. The second-order valence-corrected chi connectivity index (χ2v) is 8.89. The number of hydrogen-bond donors (Lipinski definition) is 1. The summed E-state index contributed by atoms with van der Waals surface area (Å²) in [6.45, 7) is 2.05. The topological polar surface area (TPSA) is 42.0 Å². The maximum absolute atomic E-state index is 12.8. The number of carbonyl (C=O) groups is 1. The smallest absolute Gasteiger partial charge is 0.258 e. The van der Waals surface area contributed by atoms with Crippen LogP contribution in [0.25, 0.3) is 10.2 Å². The van der Waals surface area contributed by atoms with Crippen LogP contribution in [0.3, 0.4) is 0 Å². The van der Waals surface area contributed by atoms with Gasteiger partial charge in [0.25, 0.3) is 5.91 Å². The van der Waals surface area contributed by atoms with Crippen LogP contribution in [0, 0.1) is 6.92 Å². The molecule has 0 unspecified atom stereocenters. The quantitative estimate of drug-likeness (QED) is 0.408. The fraction of sp³-hybridized carbons (Fsp3) is 0.100. The molecule has 0 spiro atoms. The van der Waals surface area contributed by atoms with E-state index in [0.717, 1.165) is 20.9 Å². The predicted molar refractivity (Wildman–Crippen MR) is 113 cm³/mol. The van der Waals surface area contributed by atoms with Crippen LogP contribution in [0.5, 0.6) is 0 Å². The van der Waals surface area contributed by atoms with Crippen molar-refractivity contribution in [2.45, 2.75) is 17.6 Å². The van der Waals surface area contributed by atoms with Crippen molar-refractivity contribution >= 4 is 55.7 Å². The highest BCUT2D eigenvalue weighted by Gasteiger charge is 2.14. The maximum Gasteiger partial charge on any atom is 0.258 e. The molecule has 1 amide bonds. The third kappa shape index (κ3) is 3.82. The first-order valence-corrected chi connectivity index (χ1v) is 10.8. The lowest BCUT2D eigenvalue weighted by atomic mass is 10.2. The van der Waals surface area contributed by atoms with Crippen LogP contribution in [-0.2, 0) is 5.75 Å². The number of aromatic nitrogens is 1. The molecule has 26 heavy (non-hydrogen) atoms. The van der Waals surface area contributed by atoms with E-state index in [1.165, 1.54) is 21.8 Å². The molecule has 130 valence electrons. The summed E-state index contributed by atoms with van der Waals surface area (Å²) in [5, 5.41) is 5.66. The van der Waals surface area contributed by atoms with Gasteiger partial charge in [0.2, 0.25) is 0 Å². The van der Waals surface area contributed by atoms with E-state index >= 15 is 0 Å². The Balaban J connectivity index is 1.53. The lowest BCUT2D eigenvalue weighted by Crippen LogP contribution is -2.12. The third-order valence-electron chi connectivity index (χ3n) is 3.85. The number of thiazole rings is 1. The first kappa shape index (κ1) is 17.3. The molecule has 4 rings (SSSR count). The molecule has 0 atom stereocenters. The number of benzene rings is 2. The van der Waals surface area contributed by atoms with Crippen LogP contribution < -0.4 is 5.32 Å². The van der Waals surface area contributed by atoms with Crippen molar-refractivity contribution in [3.05, 3.63) is 76.0 Å². The van der Waals surface area contributed by atoms with Gasteiger partial charge in [-0.3, -0.25) is 10.1 Å². The van der Waals surface area contributed by atoms with Gasteiger partial charge in [-0.15, -0.1) is 23.1 Å². The minimum atomic E-state index is -0.116. The molecule has 0 aliphatic heterocycles. The summed E-state index contributed by atoms with van der Waals surface area (Å²) in [7, 11) is 0. The van der Waals surface area contributed by atoms with Crippen molar-refractivity contribution in [1.82, 2.24) is 4.98 Å². The molecule has 0 fully saturated rings. The van der Waals surface area contributed by atoms with Crippen LogP contribution in [0.4, 0.5) is 5.13 Å². The Bertz CT molecular complexity index is 1050. The largest absolute Gasteiger partial charge is 0.298 e. The molecule has 0 saturated carbocycles. The van der Waals surface area contributed by atoms with Crippen LogP contribution >= 0.6 is 34.4 Å². The molecule has 0 aliphatic carbocycles. The Kier molecular flexibility index (Phi) is 5.06. The second-order valence-electron chi connectivity index (χ2n) is 5.81. The van der Waals surface area contributed by atoms with Crippen molar-refractivity contribution in [1.29, 1.82) is 0 Å². The standard InChI is InChI=1S/C20H16N2OS3/c1-13-8-9-16-18(11-13)26-20(21-16)22-19(23)15-6-2-3-7-17(15)25-12-14-5-4-10-24-14/h2-11H,12H2,1H3,(H,21,22,23). The van der Waals surface area contributed by atoms with E-state index in [-0.39, 0.29) is 5.91 Å². The zero-order valence-corrected chi connectivity index (χ0v) is 16.5. The third-order valence-corrected chi connectivity index (χ3v) is 6.96. The van der Waals surface area contributed by atoms with Gasteiger partial charge in [0.05, 0.1) is 15.8 Å². The summed E-state index contributed by atoms with van der Waals surface area (Å²) in [6.07, 6.45) is 0. The number of amides is 1. The van der Waals surface area contributed by atoms with Crippen LogP contribution in [-0.4, -0.2) is 10.9 Å². The van der Waals surface area contributed by atoms with Crippen molar-refractivity contribution < 1.29 is 4.79 Å². The van der Waals surface area contributed by atoms with Crippen molar-refractivity contribution in [3.8, 4) is 0 Å². The van der Waals surface area contributed by atoms with E-state index < -0.39 is 0 Å². The van der Waals surface area contributed by atoms with Gasteiger partial charge < -0.3 is 0 Å². The van der Waals surface area contributed by atoms with E-state index in [2.05, 4.69) is 34.7 Å². The molecular weight excluding hydrogens is 380 g/mol. The zero-order valence-electron chi connectivity index (χ0n) is 14.1. The highest BCUT2D eigenvalue weighted by molar-refractivity contribution is 7.98. The van der Waals surface area contributed by atoms with Crippen LogP contribution in [0.1, 0.15) is 20.8 Å². The Morgan fingerprint density at radius 2 is 2.04 bits per heavy atom. The number of hydrogen-bond acceptors (Lipinski definition) is 5. The van der Waals surface area contributed by atoms with Crippen molar-refractivity contribution in [3.63, 3.8) is 0 Å². The molecule has 0 bridgehead atoms. The number of anilines is 1. The van der Waals surface area contributed by atoms with Gasteiger partial charge in [-0.05, 0) is 48.2 Å². The van der Waals surface area contributed by atoms with Gasteiger partial charge in [-0.2, -0.15) is 0 Å². The Morgan fingerprint density at radius 3 is 2.88 bits per heavy atom. The van der Waals surface area contributed by atoms with Crippen LogP contribution in [0.2, 0.25) is 0 Å². The second kappa shape index (κ2) is 7.61. The highest BCUT2D eigenvalue weighted by atomic mass is 32.2. The summed E-state index contributed by atoms with van der Waals surface area (Å²) in [4.78, 5) is 19.6. The van der Waals surface area contributed by atoms with Crippen molar-refractivity contribution in [2.75, 3.05) is 5.32 Å². The van der Waals surface area contributed by atoms with E-state index in [1.54, 1.807) is 23.1 Å². The lowest BCUT2D eigenvalue weighted by Gasteiger charge is -2.08. The summed E-state index contributed by atoms with van der Waals surface area (Å²) < 4.78 is 1.08. The molecule has 2 aromatic heterocycles. The molecule has 6 heteroatoms. The Hall–Kier alpha value is -2.15. The normalized spacial score (nSPS) is 11.0. The number of nitrogens with one attached hydrogen (secondary N) is 1. The Morgan fingerprint density at radius 1 is 1.15 bits per heavy atom. The molecule has 0 radical (unpaired) electrons. The highest BCUT2D eigenvalue weighted by Crippen LogP contribution is 2.30. The number of nitrogens with zero attached hydrogens (tertiary/aromatic N) is 1. The first-order valence-electron chi connectivity index (χ1n) is 8.12. The zero-order chi connectivity index (χ0) is 17.9. The fourth-order valence-electron chi connectivity index (χ4n) is 2.57. The Labute approximate surface area is 164 Å². The fourth-order valence-corrected chi connectivity index (χ4v) is 5.36.